The van der Waals surface area contributed by atoms with E-state index in [1.807, 2.05) is 6.07 Å². The Morgan fingerprint density at radius 2 is 2.00 bits per heavy atom. The number of piperazine rings is 1. The molecule has 0 aromatic carbocycles. The maximum absolute atomic E-state index is 12.1. The quantitative estimate of drug-likeness (QED) is 0.859. The van der Waals surface area contributed by atoms with E-state index in [2.05, 4.69) is 20.5 Å². The minimum atomic E-state index is -0.342. The summed E-state index contributed by atoms with van der Waals surface area (Å²) in [6.07, 6.45) is 3.32. The number of aryl methyl sites for hydroxylation is 1. The maximum atomic E-state index is 12.1. The van der Waals surface area contributed by atoms with Crippen LogP contribution in [0.5, 0.6) is 0 Å². The van der Waals surface area contributed by atoms with Crippen LogP contribution in [-0.2, 0) is 7.05 Å². The molecule has 1 aliphatic heterocycles. The molecular formula is C16H20ClN5O2. The number of aromatic nitrogens is 2. The lowest BCUT2D eigenvalue weighted by atomic mass is 10.2. The fourth-order valence-electron chi connectivity index (χ4n) is 2.45. The standard InChI is InChI=1S/C16H19N5O2.ClH/c1-20-7-4-12(10-15(20)22)16(23)19-14-3-2-13(11-18-14)21-8-5-17-6-9-21;/h2-4,7,10-11,17H,5-6,8-9H2,1H3,(H,18,19,23);1H. The number of nitrogens with one attached hydrogen (secondary N) is 2. The molecule has 24 heavy (non-hydrogen) atoms. The van der Waals surface area contributed by atoms with E-state index in [0.717, 1.165) is 31.9 Å². The lowest BCUT2D eigenvalue weighted by Gasteiger charge is -2.29. The van der Waals surface area contributed by atoms with Crippen molar-refractivity contribution in [2.24, 2.45) is 7.05 Å². The Morgan fingerprint density at radius 3 is 2.62 bits per heavy atom. The van der Waals surface area contributed by atoms with Crippen LogP contribution in [0, 0.1) is 0 Å². The summed E-state index contributed by atoms with van der Waals surface area (Å²) in [6, 6.07) is 6.63. The molecule has 1 aliphatic rings. The SMILES string of the molecule is Cl.Cn1ccc(C(=O)Nc2ccc(N3CCNCC3)cn2)cc1=O. The Labute approximate surface area is 146 Å². The van der Waals surface area contributed by atoms with Crippen LogP contribution in [0.2, 0.25) is 0 Å². The first-order valence-corrected chi connectivity index (χ1v) is 7.53. The normalized spacial score (nSPS) is 14.0. The molecule has 8 heteroatoms. The highest BCUT2D eigenvalue weighted by Gasteiger charge is 2.12. The van der Waals surface area contributed by atoms with Gasteiger partial charge in [-0.3, -0.25) is 9.59 Å². The predicted molar refractivity (Wildman–Crippen MR) is 96.2 cm³/mol. The highest BCUT2D eigenvalue weighted by molar-refractivity contribution is 6.03. The number of nitrogens with zero attached hydrogens (tertiary/aromatic N) is 3. The van der Waals surface area contributed by atoms with E-state index in [1.165, 1.54) is 10.6 Å². The first-order valence-electron chi connectivity index (χ1n) is 7.53. The van der Waals surface area contributed by atoms with Gasteiger partial charge in [-0.15, -0.1) is 12.4 Å². The molecule has 0 spiro atoms. The molecule has 3 heterocycles. The van der Waals surface area contributed by atoms with Crippen LogP contribution in [0.15, 0.2) is 41.5 Å². The number of carbonyl (C=O) groups is 1. The monoisotopic (exact) mass is 349 g/mol. The average Bonchev–Trinajstić information content (AvgIpc) is 2.59. The number of rotatable bonds is 3. The fourth-order valence-corrected chi connectivity index (χ4v) is 2.45. The lowest BCUT2D eigenvalue weighted by molar-refractivity contribution is 0.102. The molecule has 1 amide bonds. The molecular weight excluding hydrogens is 330 g/mol. The number of pyridine rings is 2. The molecule has 1 fully saturated rings. The predicted octanol–water partition coefficient (Wildman–Crippen LogP) is 0.864. The third-order valence-corrected chi connectivity index (χ3v) is 3.84. The summed E-state index contributed by atoms with van der Waals surface area (Å²) in [5.74, 6) is 0.125. The summed E-state index contributed by atoms with van der Waals surface area (Å²) in [5, 5.41) is 6.01. The summed E-state index contributed by atoms with van der Waals surface area (Å²) >= 11 is 0. The van der Waals surface area contributed by atoms with E-state index in [0.29, 0.717) is 11.4 Å². The van der Waals surface area contributed by atoms with Gasteiger partial charge in [0.1, 0.15) is 5.82 Å². The molecule has 0 saturated carbocycles. The van der Waals surface area contributed by atoms with Gasteiger partial charge in [-0.2, -0.15) is 0 Å². The minimum absolute atomic E-state index is 0. The topological polar surface area (TPSA) is 79.3 Å². The van der Waals surface area contributed by atoms with Gasteiger partial charge in [-0.05, 0) is 18.2 Å². The van der Waals surface area contributed by atoms with Crippen LogP contribution in [0.3, 0.4) is 0 Å². The fraction of sp³-hybridized carbons (Fsp3) is 0.312. The summed E-state index contributed by atoms with van der Waals surface area (Å²) < 4.78 is 1.41. The van der Waals surface area contributed by atoms with Crippen molar-refractivity contribution in [3.8, 4) is 0 Å². The molecule has 0 atom stereocenters. The zero-order valence-electron chi connectivity index (χ0n) is 13.4. The average molecular weight is 350 g/mol. The smallest absolute Gasteiger partial charge is 0.257 e. The van der Waals surface area contributed by atoms with Crippen molar-refractivity contribution in [3.63, 3.8) is 0 Å². The Hall–Kier alpha value is -2.38. The van der Waals surface area contributed by atoms with Crippen molar-refractivity contribution in [1.29, 1.82) is 0 Å². The Balaban J connectivity index is 0.00000208. The largest absolute Gasteiger partial charge is 0.368 e. The number of hydrogen-bond donors (Lipinski definition) is 2. The summed E-state index contributed by atoms with van der Waals surface area (Å²) in [4.78, 5) is 30.2. The number of anilines is 2. The first kappa shape index (κ1) is 18.0. The van der Waals surface area contributed by atoms with Gasteiger partial charge in [0.2, 0.25) is 0 Å². The molecule has 0 bridgehead atoms. The van der Waals surface area contributed by atoms with Gasteiger partial charge in [-0.1, -0.05) is 0 Å². The van der Waals surface area contributed by atoms with Crippen LogP contribution in [-0.4, -0.2) is 41.6 Å². The molecule has 3 rings (SSSR count). The lowest BCUT2D eigenvalue weighted by Crippen LogP contribution is -2.43. The van der Waals surface area contributed by atoms with Crippen molar-refractivity contribution >= 4 is 29.8 Å². The van der Waals surface area contributed by atoms with E-state index in [4.69, 9.17) is 0 Å². The molecule has 0 radical (unpaired) electrons. The second-order valence-corrected chi connectivity index (χ2v) is 5.46. The molecule has 7 nitrogen and oxygen atoms in total. The second kappa shape index (κ2) is 7.94. The molecule has 128 valence electrons. The highest BCUT2D eigenvalue weighted by atomic mass is 35.5. The van der Waals surface area contributed by atoms with E-state index in [1.54, 1.807) is 31.6 Å². The van der Waals surface area contributed by atoms with E-state index < -0.39 is 0 Å². The van der Waals surface area contributed by atoms with Gasteiger partial charge in [0.15, 0.2) is 0 Å². The molecule has 0 aliphatic carbocycles. The van der Waals surface area contributed by atoms with Crippen LogP contribution in [0.4, 0.5) is 11.5 Å². The van der Waals surface area contributed by atoms with Crippen molar-refractivity contribution in [2.45, 2.75) is 0 Å². The number of hydrogen-bond acceptors (Lipinski definition) is 5. The van der Waals surface area contributed by atoms with Gasteiger partial charge >= 0.3 is 0 Å². The molecule has 2 aromatic heterocycles. The minimum Gasteiger partial charge on any atom is -0.368 e. The Kier molecular flexibility index (Phi) is 5.94. The van der Waals surface area contributed by atoms with Crippen LogP contribution < -0.4 is 21.1 Å². The molecule has 1 saturated heterocycles. The number of halogens is 1. The summed E-state index contributed by atoms with van der Waals surface area (Å²) in [5.41, 5.74) is 1.14. The third-order valence-electron chi connectivity index (χ3n) is 3.84. The van der Waals surface area contributed by atoms with Gasteiger partial charge < -0.3 is 20.1 Å². The van der Waals surface area contributed by atoms with Crippen LogP contribution in [0.1, 0.15) is 10.4 Å². The Bertz CT molecular complexity index is 754. The summed E-state index contributed by atoms with van der Waals surface area (Å²) in [6.45, 7) is 3.81. The van der Waals surface area contributed by atoms with Crippen molar-refractivity contribution < 1.29 is 4.79 Å². The highest BCUT2D eigenvalue weighted by Crippen LogP contribution is 2.16. The molecule has 2 N–H and O–H groups in total. The van der Waals surface area contributed by atoms with Gasteiger partial charge in [0.05, 0.1) is 11.9 Å². The summed E-state index contributed by atoms with van der Waals surface area (Å²) in [7, 11) is 1.64. The first-order chi connectivity index (χ1) is 11.1. The number of amides is 1. The van der Waals surface area contributed by atoms with Crippen LogP contribution in [0.25, 0.3) is 0 Å². The van der Waals surface area contributed by atoms with Gasteiger partial charge in [0, 0.05) is 51.1 Å². The molecule has 0 unspecified atom stereocenters. The number of carbonyl (C=O) groups excluding carboxylic acids is 1. The van der Waals surface area contributed by atoms with Crippen molar-refractivity contribution in [3.05, 3.63) is 52.6 Å². The van der Waals surface area contributed by atoms with E-state index in [-0.39, 0.29) is 23.9 Å². The van der Waals surface area contributed by atoms with Gasteiger partial charge in [0.25, 0.3) is 11.5 Å². The second-order valence-electron chi connectivity index (χ2n) is 5.46. The zero-order chi connectivity index (χ0) is 16.2. The van der Waals surface area contributed by atoms with Crippen molar-refractivity contribution in [2.75, 3.05) is 36.4 Å². The van der Waals surface area contributed by atoms with Gasteiger partial charge in [-0.25, -0.2) is 4.98 Å². The maximum Gasteiger partial charge on any atom is 0.257 e. The van der Waals surface area contributed by atoms with E-state index >= 15 is 0 Å². The van der Waals surface area contributed by atoms with Crippen molar-refractivity contribution in [1.82, 2.24) is 14.9 Å². The zero-order valence-corrected chi connectivity index (χ0v) is 14.2. The third kappa shape index (κ3) is 4.12. The Morgan fingerprint density at radius 1 is 1.25 bits per heavy atom. The van der Waals surface area contributed by atoms with E-state index in [9.17, 15) is 9.59 Å². The van der Waals surface area contributed by atoms with Crippen LogP contribution >= 0.6 is 12.4 Å². The molecule has 2 aromatic rings.